The van der Waals surface area contributed by atoms with Crippen LogP contribution in [0, 0.1) is 13.8 Å². The lowest BCUT2D eigenvalue weighted by Gasteiger charge is -2.27. The van der Waals surface area contributed by atoms with Gasteiger partial charge in [0.2, 0.25) is 0 Å². The van der Waals surface area contributed by atoms with Gasteiger partial charge >= 0.3 is 6.09 Å². The molecule has 1 N–H and O–H groups in total. The van der Waals surface area contributed by atoms with Gasteiger partial charge in [0.15, 0.2) is 0 Å². The van der Waals surface area contributed by atoms with Crippen LogP contribution >= 0.6 is 0 Å². The number of benzene rings is 2. The van der Waals surface area contributed by atoms with Gasteiger partial charge in [0.1, 0.15) is 29.5 Å². The molecule has 1 saturated heterocycles. The number of hydrogen-bond donors (Lipinski definition) is 1. The molecule has 0 radical (unpaired) electrons. The van der Waals surface area contributed by atoms with Crippen molar-refractivity contribution in [1.82, 2.24) is 24.9 Å². The average molecular weight is 634 g/mol. The van der Waals surface area contributed by atoms with Crippen LogP contribution in [0.2, 0.25) is 0 Å². The Balaban J connectivity index is 1.15. The highest BCUT2D eigenvalue weighted by molar-refractivity contribution is 5.83. The molecule has 4 aromatic rings. The molecule has 46 heavy (non-hydrogen) atoms. The second kappa shape index (κ2) is 15.6. The van der Waals surface area contributed by atoms with Gasteiger partial charge in [-0.25, -0.2) is 9.78 Å². The lowest BCUT2D eigenvalue weighted by molar-refractivity contribution is 0.0364. The number of fused-ring (bicyclic) bond motifs is 1. The van der Waals surface area contributed by atoms with Gasteiger partial charge < -0.3 is 33.4 Å². The smallest absolute Gasteiger partial charge is 0.407 e. The van der Waals surface area contributed by atoms with Crippen LogP contribution in [0.5, 0.6) is 5.75 Å². The minimum Gasteiger partial charge on any atom is -0.491 e. The van der Waals surface area contributed by atoms with E-state index in [1.165, 1.54) is 5.56 Å². The molecular formula is C35H47N5O6. The Morgan fingerprint density at radius 1 is 0.978 bits per heavy atom. The van der Waals surface area contributed by atoms with Crippen LogP contribution < -0.4 is 10.1 Å². The second-order valence-electron chi connectivity index (χ2n) is 12.6. The average Bonchev–Trinajstić information content (AvgIpc) is 3.55. The third kappa shape index (κ3) is 9.31. The fourth-order valence-corrected chi connectivity index (χ4v) is 5.61. The number of rotatable bonds is 14. The number of carbonyl (C=O) groups is 1. The van der Waals surface area contributed by atoms with Gasteiger partial charge in [-0.1, -0.05) is 23.4 Å². The lowest BCUT2D eigenvalue weighted by Crippen LogP contribution is -2.38. The van der Waals surface area contributed by atoms with Crippen molar-refractivity contribution in [3.8, 4) is 16.9 Å². The standard InChI is InChI=1S/C35H47N5O6/c1-25-33(26(2)46-38-25)28-9-12-31-30(24-28)37-32(40(31)16-15-39-17-20-43-21-18-39)13-8-27-6-10-29(11-7-27)44-23-22-42-19-14-36-34(41)45-35(3,4)5/h6-7,9-12,24H,8,13-23H2,1-5H3,(H,36,41). The topological polar surface area (TPSA) is 113 Å². The maximum atomic E-state index is 11.7. The quantitative estimate of drug-likeness (QED) is 0.184. The first-order valence-corrected chi connectivity index (χ1v) is 16.1. The van der Waals surface area contributed by atoms with Crippen molar-refractivity contribution in [2.75, 3.05) is 59.2 Å². The van der Waals surface area contributed by atoms with E-state index in [4.69, 9.17) is 28.5 Å². The molecule has 2 aromatic carbocycles. The molecule has 0 aliphatic carbocycles. The minimum atomic E-state index is -0.517. The predicted octanol–water partition coefficient (Wildman–Crippen LogP) is 5.35. The van der Waals surface area contributed by atoms with Gasteiger partial charge in [0, 0.05) is 44.7 Å². The SMILES string of the molecule is Cc1noc(C)c1-c1ccc2c(c1)nc(CCc1ccc(OCCOCCNC(=O)OC(C)(C)C)cc1)n2CCN1CCOCC1. The summed E-state index contributed by atoms with van der Waals surface area (Å²) in [7, 11) is 0. The number of hydrogen-bond acceptors (Lipinski definition) is 9. The van der Waals surface area contributed by atoms with Crippen molar-refractivity contribution in [3.05, 3.63) is 65.3 Å². The summed E-state index contributed by atoms with van der Waals surface area (Å²) in [6.45, 7) is 16.4. The number of alkyl carbamates (subject to hydrolysis) is 1. The van der Waals surface area contributed by atoms with E-state index in [0.717, 1.165) is 97.4 Å². The van der Waals surface area contributed by atoms with Crippen molar-refractivity contribution >= 4 is 17.1 Å². The zero-order chi connectivity index (χ0) is 32.5. The van der Waals surface area contributed by atoms with E-state index >= 15 is 0 Å². The first kappa shape index (κ1) is 33.4. The van der Waals surface area contributed by atoms with E-state index in [-0.39, 0.29) is 0 Å². The summed E-state index contributed by atoms with van der Waals surface area (Å²) in [4.78, 5) is 19.3. The highest BCUT2D eigenvalue weighted by Gasteiger charge is 2.18. The summed E-state index contributed by atoms with van der Waals surface area (Å²) in [5, 5.41) is 6.82. The second-order valence-corrected chi connectivity index (χ2v) is 12.6. The van der Waals surface area contributed by atoms with Crippen LogP contribution in [0.4, 0.5) is 4.79 Å². The van der Waals surface area contributed by atoms with Crippen molar-refractivity contribution in [2.45, 2.75) is 59.6 Å². The van der Waals surface area contributed by atoms with E-state index in [1.54, 1.807) is 0 Å². The maximum Gasteiger partial charge on any atom is 0.407 e. The highest BCUT2D eigenvalue weighted by Crippen LogP contribution is 2.30. The molecule has 3 heterocycles. The van der Waals surface area contributed by atoms with Crippen LogP contribution in [0.15, 0.2) is 47.0 Å². The maximum absolute atomic E-state index is 11.7. The lowest BCUT2D eigenvalue weighted by atomic mass is 10.0. The molecule has 2 aromatic heterocycles. The van der Waals surface area contributed by atoms with Gasteiger partial charge in [0.25, 0.3) is 0 Å². The van der Waals surface area contributed by atoms with Crippen molar-refractivity contribution in [2.24, 2.45) is 0 Å². The fraction of sp³-hybridized carbons (Fsp3) is 0.514. The molecule has 1 fully saturated rings. The molecule has 1 aliphatic rings. The predicted molar refractivity (Wildman–Crippen MR) is 176 cm³/mol. The van der Waals surface area contributed by atoms with Gasteiger partial charge in [0.05, 0.1) is 43.2 Å². The summed E-state index contributed by atoms with van der Waals surface area (Å²) in [6, 6.07) is 14.7. The summed E-state index contributed by atoms with van der Waals surface area (Å²) < 4.78 is 30.0. The van der Waals surface area contributed by atoms with Crippen LogP contribution in [0.3, 0.4) is 0 Å². The summed E-state index contributed by atoms with van der Waals surface area (Å²) >= 11 is 0. The van der Waals surface area contributed by atoms with E-state index in [9.17, 15) is 4.79 Å². The van der Waals surface area contributed by atoms with E-state index < -0.39 is 11.7 Å². The first-order chi connectivity index (χ1) is 22.2. The molecule has 0 unspecified atom stereocenters. The first-order valence-electron chi connectivity index (χ1n) is 16.1. The van der Waals surface area contributed by atoms with Gasteiger partial charge in [-0.15, -0.1) is 0 Å². The fourth-order valence-electron chi connectivity index (χ4n) is 5.61. The molecular weight excluding hydrogens is 586 g/mol. The van der Waals surface area contributed by atoms with Crippen LogP contribution in [0.25, 0.3) is 22.2 Å². The number of nitrogens with zero attached hydrogens (tertiary/aromatic N) is 4. The molecule has 5 rings (SSSR count). The van der Waals surface area contributed by atoms with Crippen LogP contribution in [-0.2, 0) is 33.6 Å². The molecule has 11 heteroatoms. The molecule has 0 saturated carbocycles. The molecule has 1 amide bonds. The molecule has 0 spiro atoms. The van der Waals surface area contributed by atoms with E-state index in [0.29, 0.717) is 26.4 Å². The minimum absolute atomic E-state index is 0.382. The molecule has 11 nitrogen and oxygen atoms in total. The molecule has 0 bridgehead atoms. The zero-order valence-electron chi connectivity index (χ0n) is 27.8. The number of carbonyl (C=O) groups excluding carboxylic acids is 1. The molecule has 248 valence electrons. The summed E-state index contributed by atoms with van der Waals surface area (Å²) in [5.41, 5.74) is 5.83. The number of imidazole rings is 1. The van der Waals surface area contributed by atoms with Crippen molar-refractivity contribution < 1.29 is 28.3 Å². The normalized spacial score (nSPS) is 14.1. The Morgan fingerprint density at radius 3 is 2.48 bits per heavy atom. The van der Waals surface area contributed by atoms with Crippen LogP contribution in [-0.4, -0.2) is 90.5 Å². The summed E-state index contributed by atoms with van der Waals surface area (Å²) in [6.07, 6.45) is 1.25. The number of aromatic nitrogens is 3. The Bertz CT molecular complexity index is 1550. The number of aryl methyl sites for hydroxylation is 4. The van der Waals surface area contributed by atoms with E-state index in [1.807, 2.05) is 46.8 Å². The Hall–Kier alpha value is -3.93. The third-order valence-electron chi connectivity index (χ3n) is 7.86. The van der Waals surface area contributed by atoms with E-state index in [2.05, 4.69) is 50.3 Å². The van der Waals surface area contributed by atoms with Gasteiger partial charge in [-0.2, -0.15) is 0 Å². The Labute approximate surface area is 271 Å². The molecule has 0 atom stereocenters. The number of nitrogens with one attached hydrogen (secondary N) is 1. The number of ether oxygens (including phenoxy) is 4. The van der Waals surface area contributed by atoms with Gasteiger partial charge in [-0.3, -0.25) is 4.90 Å². The monoisotopic (exact) mass is 633 g/mol. The third-order valence-corrected chi connectivity index (χ3v) is 7.86. The van der Waals surface area contributed by atoms with Crippen molar-refractivity contribution in [3.63, 3.8) is 0 Å². The molecule has 1 aliphatic heterocycles. The number of amides is 1. The van der Waals surface area contributed by atoms with Gasteiger partial charge in [-0.05, 0) is 76.4 Å². The largest absolute Gasteiger partial charge is 0.491 e. The Kier molecular flexibility index (Phi) is 11.3. The summed E-state index contributed by atoms with van der Waals surface area (Å²) in [5.74, 6) is 2.69. The number of morpholine rings is 1. The Morgan fingerprint density at radius 2 is 1.76 bits per heavy atom. The highest BCUT2D eigenvalue weighted by atomic mass is 16.6. The van der Waals surface area contributed by atoms with Crippen molar-refractivity contribution in [1.29, 1.82) is 0 Å². The van der Waals surface area contributed by atoms with Crippen LogP contribution in [0.1, 0.15) is 43.6 Å². The zero-order valence-corrected chi connectivity index (χ0v) is 27.8.